The Morgan fingerprint density at radius 1 is 1.13 bits per heavy atom. The summed E-state index contributed by atoms with van der Waals surface area (Å²) >= 11 is 0. The summed E-state index contributed by atoms with van der Waals surface area (Å²) < 4.78 is 0. The zero-order valence-electron chi connectivity index (χ0n) is 10.8. The summed E-state index contributed by atoms with van der Waals surface area (Å²) in [5.41, 5.74) is 0.201. The normalized spacial score (nSPS) is 14.2. The fraction of sp³-hybridized carbons (Fsp3) is 1.00. The number of nitrogens with one attached hydrogen (secondary N) is 2. The maximum absolute atomic E-state index is 8.62. The van der Waals surface area contributed by atoms with Crippen molar-refractivity contribution in [2.45, 2.75) is 58.5 Å². The first kappa shape index (κ1) is 14.9. The first-order chi connectivity index (χ1) is 6.95. The van der Waals surface area contributed by atoms with Crippen LogP contribution < -0.4 is 10.6 Å². The summed E-state index contributed by atoms with van der Waals surface area (Å²) in [4.78, 5) is 0. The van der Waals surface area contributed by atoms with Gasteiger partial charge in [0.15, 0.2) is 0 Å². The maximum Gasteiger partial charge on any atom is 0.0431 e. The summed E-state index contributed by atoms with van der Waals surface area (Å²) in [6, 6.07) is 0.512. The number of hydrogen-bond donors (Lipinski definition) is 3. The van der Waals surface area contributed by atoms with Crippen LogP contribution >= 0.6 is 0 Å². The zero-order chi connectivity index (χ0) is 11.7. The van der Waals surface area contributed by atoms with Crippen molar-refractivity contribution < 1.29 is 5.11 Å². The minimum atomic E-state index is 0.201. The summed E-state index contributed by atoms with van der Waals surface area (Å²) in [5.74, 6) is 0. The molecule has 0 rings (SSSR count). The molecule has 0 heterocycles. The second-order valence-electron chi connectivity index (χ2n) is 5.27. The average Bonchev–Trinajstić information content (AvgIpc) is 2.13. The Labute approximate surface area is 94.6 Å². The lowest BCUT2D eigenvalue weighted by molar-refractivity contribution is 0.282. The third-order valence-corrected chi connectivity index (χ3v) is 2.27. The monoisotopic (exact) mass is 216 g/mol. The standard InChI is InChI=1S/C12H28N2O/c1-11(10-14-12(2,3)4)13-8-6-5-7-9-15/h11,13-15H,5-10H2,1-4H3. The van der Waals surface area contributed by atoms with E-state index >= 15 is 0 Å². The summed E-state index contributed by atoms with van der Waals surface area (Å²) in [7, 11) is 0. The lowest BCUT2D eigenvalue weighted by Crippen LogP contribution is -2.44. The minimum absolute atomic E-state index is 0.201. The fourth-order valence-corrected chi connectivity index (χ4v) is 1.29. The van der Waals surface area contributed by atoms with Crippen molar-refractivity contribution in [1.29, 1.82) is 0 Å². The van der Waals surface area contributed by atoms with E-state index in [-0.39, 0.29) is 5.54 Å². The van der Waals surface area contributed by atoms with Crippen LogP contribution in [0, 0.1) is 0 Å². The highest BCUT2D eigenvalue weighted by atomic mass is 16.2. The minimum Gasteiger partial charge on any atom is -0.396 e. The molecule has 0 fully saturated rings. The first-order valence-electron chi connectivity index (χ1n) is 6.05. The quantitative estimate of drug-likeness (QED) is 0.539. The lowest BCUT2D eigenvalue weighted by Gasteiger charge is -2.24. The Kier molecular flexibility index (Phi) is 8.02. The third kappa shape index (κ3) is 11.8. The molecule has 0 aliphatic carbocycles. The molecule has 3 heteroatoms. The molecule has 1 atom stereocenters. The molecule has 0 saturated heterocycles. The van der Waals surface area contributed by atoms with E-state index in [1.807, 2.05) is 0 Å². The van der Waals surface area contributed by atoms with Gasteiger partial charge in [0.1, 0.15) is 0 Å². The second-order valence-corrected chi connectivity index (χ2v) is 5.27. The molecule has 3 N–H and O–H groups in total. The van der Waals surface area contributed by atoms with Crippen LogP contribution in [0.15, 0.2) is 0 Å². The molecule has 0 spiro atoms. The highest BCUT2D eigenvalue weighted by molar-refractivity contribution is 4.74. The van der Waals surface area contributed by atoms with Crippen LogP contribution in [-0.4, -0.2) is 36.4 Å². The molecule has 0 amide bonds. The topological polar surface area (TPSA) is 44.3 Å². The molecular weight excluding hydrogens is 188 g/mol. The van der Waals surface area contributed by atoms with Crippen LogP contribution in [0.3, 0.4) is 0 Å². The van der Waals surface area contributed by atoms with Crippen molar-refractivity contribution >= 4 is 0 Å². The van der Waals surface area contributed by atoms with Gasteiger partial charge in [-0.3, -0.25) is 0 Å². The van der Waals surface area contributed by atoms with Crippen molar-refractivity contribution in [3.05, 3.63) is 0 Å². The fourth-order valence-electron chi connectivity index (χ4n) is 1.29. The van der Waals surface area contributed by atoms with Gasteiger partial charge in [0, 0.05) is 24.7 Å². The Morgan fingerprint density at radius 3 is 2.33 bits per heavy atom. The molecule has 15 heavy (non-hydrogen) atoms. The number of hydrogen-bond acceptors (Lipinski definition) is 3. The first-order valence-corrected chi connectivity index (χ1v) is 6.05. The lowest BCUT2D eigenvalue weighted by atomic mass is 10.1. The largest absolute Gasteiger partial charge is 0.396 e. The molecule has 0 radical (unpaired) electrons. The van der Waals surface area contributed by atoms with Gasteiger partial charge in [0.2, 0.25) is 0 Å². The van der Waals surface area contributed by atoms with Gasteiger partial charge in [-0.05, 0) is 53.5 Å². The molecule has 1 unspecified atom stereocenters. The van der Waals surface area contributed by atoms with Gasteiger partial charge in [0.05, 0.1) is 0 Å². The van der Waals surface area contributed by atoms with Crippen LogP contribution in [0.4, 0.5) is 0 Å². The highest BCUT2D eigenvalue weighted by Gasteiger charge is 2.10. The van der Waals surface area contributed by atoms with Crippen LogP contribution in [0.2, 0.25) is 0 Å². The maximum atomic E-state index is 8.62. The van der Waals surface area contributed by atoms with E-state index in [1.165, 1.54) is 0 Å². The third-order valence-electron chi connectivity index (χ3n) is 2.27. The van der Waals surface area contributed by atoms with E-state index in [9.17, 15) is 0 Å². The van der Waals surface area contributed by atoms with Crippen LogP contribution in [0.25, 0.3) is 0 Å². The second kappa shape index (κ2) is 8.08. The van der Waals surface area contributed by atoms with Gasteiger partial charge < -0.3 is 15.7 Å². The average molecular weight is 216 g/mol. The molecule has 0 aromatic rings. The Hall–Kier alpha value is -0.120. The zero-order valence-corrected chi connectivity index (χ0v) is 10.8. The number of unbranched alkanes of at least 4 members (excludes halogenated alkanes) is 2. The smallest absolute Gasteiger partial charge is 0.0431 e. The molecule has 0 aromatic heterocycles. The number of aliphatic hydroxyl groups excluding tert-OH is 1. The number of rotatable bonds is 8. The van der Waals surface area contributed by atoms with E-state index in [0.717, 1.165) is 32.4 Å². The molecular formula is C12H28N2O. The van der Waals surface area contributed by atoms with Gasteiger partial charge >= 0.3 is 0 Å². The van der Waals surface area contributed by atoms with Crippen molar-refractivity contribution in [2.24, 2.45) is 0 Å². The van der Waals surface area contributed by atoms with Crippen LogP contribution in [0.5, 0.6) is 0 Å². The van der Waals surface area contributed by atoms with Crippen LogP contribution in [0.1, 0.15) is 47.0 Å². The Balaban J connectivity index is 3.30. The summed E-state index contributed by atoms with van der Waals surface area (Å²) in [6.45, 7) is 11.1. The van der Waals surface area contributed by atoms with Crippen molar-refractivity contribution in [3.63, 3.8) is 0 Å². The number of aliphatic hydroxyl groups is 1. The molecule has 92 valence electrons. The predicted molar refractivity (Wildman–Crippen MR) is 66.2 cm³/mol. The summed E-state index contributed by atoms with van der Waals surface area (Å²) in [5, 5.41) is 15.6. The molecule has 0 aliphatic heterocycles. The van der Waals surface area contributed by atoms with Crippen molar-refractivity contribution in [1.82, 2.24) is 10.6 Å². The SMILES string of the molecule is CC(CNC(C)(C)C)NCCCCCO. The van der Waals surface area contributed by atoms with E-state index in [2.05, 4.69) is 38.3 Å². The predicted octanol–water partition coefficient (Wildman–Crippen LogP) is 1.52. The molecule has 0 bridgehead atoms. The van der Waals surface area contributed by atoms with Gasteiger partial charge in [-0.25, -0.2) is 0 Å². The van der Waals surface area contributed by atoms with Gasteiger partial charge in [-0.15, -0.1) is 0 Å². The molecule has 0 saturated carbocycles. The van der Waals surface area contributed by atoms with E-state index in [1.54, 1.807) is 0 Å². The molecule has 0 aromatic carbocycles. The summed E-state index contributed by atoms with van der Waals surface area (Å²) in [6.07, 6.45) is 3.19. The van der Waals surface area contributed by atoms with E-state index in [4.69, 9.17) is 5.11 Å². The van der Waals surface area contributed by atoms with E-state index < -0.39 is 0 Å². The van der Waals surface area contributed by atoms with Crippen molar-refractivity contribution in [2.75, 3.05) is 19.7 Å². The Morgan fingerprint density at radius 2 is 1.80 bits per heavy atom. The molecule has 3 nitrogen and oxygen atoms in total. The van der Waals surface area contributed by atoms with Gasteiger partial charge in [-0.2, -0.15) is 0 Å². The molecule has 0 aliphatic rings. The van der Waals surface area contributed by atoms with Gasteiger partial charge in [0.25, 0.3) is 0 Å². The van der Waals surface area contributed by atoms with E-state index in [0.29, 0.717) is 12.6 Å². The highest BCUT2D eigenvalue weighted by Crippen LogP contribution is 1.98. The van der Waals surface area contributed by atoms with Gasteiger partial charge in [-0.1, -0.05) is 0 Å². The Bertz CT molecular complexity index is 143. The van der Waals surface area contributed by atoms with Crippen molar-refractivity contribution in [3.8, 4) is 0 Å². The van der Waals surface area contributed by atoms with Crippen LogP contribution in [-0.2, 0) is 0 Å².